The van der Waals surface area contributed by atoms with Crippen molar-refractivity contribution in [1.82, 2.24) is 9.97 Å². The van der Waals surface area contributed by atoms with Crippen molar-refractivity contribution in [3.8, 4) is 11.3 Å². The molecule has 3 rings (SSSR count). The lowest BCUT2D eigenvalue weighted by Crippen LogP contribution is -2.08. The van der Waals surface area contributed by atoms with E-state index >= 15 is 0 Å². The van der Waals surface area contributed by atoms with Gasteiger partial charge in [0.05, 0.1) is 5.56 Å². The molecule has 1 aromatic carbocycles. The lowest BCUT2D eigenvalue weighted by molar-refractivity contribution is 0.0698. The van der Waals surface area contributed by atoms with E-state index in [9.17, 15) is 4.79 Å². The van der Waals surface area contributed by atoms with Gasteiger partial charge in [-0.25, -0.2) is 9.78 Å². The van der Waals surface area contributed by atoms with Crippen LogP contribution in [0.5, 0.6) is 0 Å². The highest BCUT2D eigenvalue weighted by molar-refractivity contribution is 7.27. The maximum absolute atomic E-state index is 11.0. The lowest BCUT2D eigenvalue weighted by atomic mass is 10.1. The minimum Gasteiger partial charge on any atom is -0.478 e. The number of fused-ring (bicyclic) bond motifs is 1. The summed E-state index contributed by atoms with van der Waals surface area (Å²) in [7, 11) is 2.46. The largest absolute Gasteiger partial charge is 0.478 e. The first-order valence-corrected chi connectivity index (χ1v) is 6.30. The molecule has 2 heterocycles. The molecule has 0 aliphatic carbocycles. The van der Waals surface area contributed by atoms with Crippen LogP contribution in [0.25, 0.3) is 22.3 Å². The minimum absolute atomic E-state index is 0.294. The summed E-state index contributed by atoms with van der Waals surface area (Å²) in [5.74, 6) is -0.921. The van der Waals surface area contributed by atoms with Gasteiger partial charge in [0.15, 0.2) is 0 Å². The maximum Gasteiger partial charge on any atom is 0.336 e. The summed E-state index contributed by atoms with van der Waals surface area (Å²) in [4.78, 5) is 18.4. The summed E-state index contributed by atoms with van der Waals surface area (Å²) >= 11 is 0. The molecule has 0 aliphatic rings. The number of aromatic nitrogens is 2. The van der Waals surface area contributed by atoms with E-state index in [4.69, 9.17) is 5.11 Å². The van der Waals surface area contributed by atoms with Crippen LogP contribution in [0.1, 0.15) is 10.4 Å². The van der Waals surface area contributed by atoms with Crippen LogP contribution in [0, 0.1) is 0 Å². The molecule has 0 saturated carbocycles. The number of rotatable bonds is 2. The number of pyridine rings is 1. The summed E-state index contributed by atoms with van der Waals surface area (Å²) in [5, 5.41) is 10.7. The Labute approximate surface area is 111 Å². The van der Waals surface area contributed by atoms with Gasteiger partial charge >= 0.3 is 5.97 Å². The van der Waals surface area contributed by atoms with Crippen LogP contribution in [0.15, 0.2) is 42.6 Å². The Morgan fingerprint density at radius 2 is 2.11 bits per heavy atom. The molecule has 0 saturated heterocycles. The standard InChI is InChI=1S/C14H11N2O2P/c17-14(18)10-4-3-8(7-12(10)19)11-6-9-2-1-5-15-13(9)16-11/h1-7H,19H2,(H,15,16)(H,17,18). The van der Waals surface area contributed by atoms with E-state index in [1.807, 2.05) is 24.3 Å². The van der Waals surface area contributed by atoms with Gasteiger partial charge in [-0.15, -0.1) is 9.24 Å². The molecule has 0 aliphatic heterocycles. The number of nitrogens with one attached hydrogen (secondary N) is 1. The molecule has 3 aromatic rings. The first-order valence-electron chi connectivity index (χ1n) is 5.72. The van der Waals surface area contributed by atoms with Crippen molar-refractivity contribution >= 4 is 31.5 Å². The molecule has 0 amide bonds. The van der Waals surface area contributed by atoms with Gasteiger partial charge in [-0.1, -0.05) is 6.07 Å². The van der Waals surface area contributed by atoms with E-state index in [0.29, 0.717) is 10.9 Å². The van der Waals surface area contributed by atoms with E-state index in [-0.39, 0.29) is 0 Å². The number of hydrogen-bond donors (Lipinski definition) is 2. The van der Waals surface area contributed by atoms with Crippen LogP contribution >= 0.6 is 9.24 Å². The number of carbonyl (C=O) groups is 1. The molecular weight excluding hydrogens is 259 g/mol. The molecule has 1 atom stereocenters. The Morgan fingerprint density at radius 3 is 2.79 bits per heavy atom. The van der Waals surface area contributed by atoms with Crippen LogP contribution in [0.2, 0.25) is 0 Å². The second-order valence-corrected chi connectivity index (χ2v) is 4.85. The van der Waals surface area contributed by atoms with Crippen LogP contribution < -0.4 is 5.30 Å². The molecule has 0 radical (unpaired) electrons. The predicted octanol–water partition coefficient (Wildman–Crippen LogP) is 2.43. The average molecular weight is 270 g/mol. The molecule has 2 aromatic heterocycles. The summed E-state index contributed by atoms with van der Waals surface area (Å²) in [6.07, 6.45) is 1.73. The highest BCUT2D eigenvalue weighted by atomic mass is 31.0. The van der Waals surface area contributed by atoms with Crippen LogP contribution in [-0.4, -0.2) is 21.0 Å². The SMILES string of the molecule is O=C(O)c1ccc(-c2cc3cccnc3[nH]2)cc1P. The van der Waals surface area contributed by atoms with Crippen molar-refractivity contribution in [3.63, 3.8) is 0 Å². The molecular formula is C14H11N2O2P. The van der Waals surface area contributed by atoms with Gasteiger partial charge in [0, 0.05) is 17.3 Å². The summed E-state index contributed by atoms with van der Waals surface area (Å²) in [6.45, 7) is 0. The number of nitrogens with zero attached hydrogens (tertiary/aromatic N) is 1. The molecule has 94 valence electrons. The van der Waals surface area contributed by atoms with Crippen LogP contribution in [0.3, 0.4) is 0 Å². The first kappa shape index (κ1) is 11.9. The average Bonchev–Trinajstić information content (AvgIpc) is 2.81. The summed E-state index contributed by atoms with van der Waals surface area (Å²) in [6, 6.07) is 11.1. The zero-order valence-corrected chi connectivity index (χ0v) is 11.1. The molecule has 5 heteroatoms. The monoisotopic (exact) mass is 270 g/mol. The maximum atomic E-state index is 11.0. The Balaban J connectivity index is 2.11. The van der Waals surface area contributed by atoms with Gasteiger partial charge in [0.1, 0.15) is 5.65 Å². The summed E-state index contributed by atoms with van der Waals surface area (Å²) in [5.41, 5.74) is 2.98. The number of carboxylic acid groups (broad SMARTS) is 1. The van der Waals surface area contributed by atoms with Crippen molar-refractivity contribution in [2.75, 3.05) is 0 Å². The highest BCUT2D eigenvalue weighted by Crippen LogP contribution is 2.23. The number of aromatic carboxylic acids is 1. The fourth-order valence-electron chi connectivity index (χ4n) is 2.04. The third-order valence-corrected chi connectivity index (χ3v) is 3.46. The molecule has 1 unspecified atom stereocenters. The second-order valence-electron chi connectivity index (χ2n) is 4.23. The van der Waals surface area contributed by atoms with E-state index in [0.717, 1.165) is 22.3 Å². The van der Waals surface area contributed by atoms with Crippen molar-refractivity contribution in [2.24, 2.45) is 0 Å². The van der Waals surface area contributed by atoms with Crippen molar-refractivity contribution in [3.05, 3.63) is 48.2 Å². The fraction of sp³-hybridized carbons (Fsp3) is 0. The molecule has 4 nitrogen and oxygen atoms in total. The lowest BCUT2D eigenvalue weighted by Gasteiger charge is -2.03. The Kier molecular flexibility index (Phi) is 2.80. The minimum atomic E-state index is -0.921. The van der Waals surface area contributed by atoms with Crippen molar-refractivity contribution in [2.45, 2.75) is 0 Å². The van der Waals surface area contributed by atoms with E-state index in [1.54, 1.807) is 18.3 Å². The van der Waals surface area contributed by atoms with E-state index in [2.05, 4.69) is 19.2 Å². The number of aromatic amines is 1. The quantitative estimate of drug-likeness (QED) is 0.703. The van der Waals surface area contributed by atoms with Crippen LogP contribution in [-0.2, 0) is 0 Å². The Morgan fingerprint density at radius 1 is 1.26 bits per heavy atom. The second kappa shape index (κ2) is 4.48. The highest BCUT2D eigenvalue weighted by Gasteiger charge is 2.09. The third-order valence-electron chi connectivity index (χ3n) is 2.98. The van der Waals surface area contributed by atoms with Gasteiger partial charge in [0.2, 0.25) is 0 Å². The zero-order chi connectivity index (χ0) is 13.4. The van der Waals surface area contributed by atoms with Crippen molar-refractivity contribution < 1.29 is 9.90 Å². The number of benzene rings is 1. The fourth-order valence-corrected chi connectivity index (χ4v) is 2.44. The molecule has 0 bridgehead atoms. The molecule has 0 spiro atoms. The topological polar surface area (TPSA) is 66.0 Å². The van der Waals surface area contributed by atoms with E-state index in [1.165, 1.54) is 0 Å². The number of carboxylic acids is 1. The molecule has 0 fully saturated rings. The zero-order valence-electron chi connectivity index (χ0n) is 9.92. The van der Waals surface area contributed by atoms with Crippen molar-refractivity contribution in [1.29, 1.82) is 0 Å². The van der Waals surface area contributed by atoms with Crippen LogP contribution in [0.4, 0.5) is 0 Å². The molecule has 2 N–H and O–H groups in total. The summed E-state index contributed by atoms with van der Waals surface area (Å²) < 4.78 is 0. The number of H-pyrrole nitrogens is 1. The van der Waals surface area contributed by atoms with Gasteiger partial charge in [0.25, 0.3) is 0 Å². The van der Waals surface area contributed by atoms with E-state index < -0.39 is 5.97 Å². The van der Waals surface area contributed by atoms with Gasteiger partial charge in [-0.05, 0) is 41.2 Å². The van der Waals surface area contributed by atoms with Gasteiger partial charge < -0.3 is 10.1 Å². The van der Waals surface area contributed by atoms with Gasteiger partial charge in [-0.2, -0.15) is 0 Å². The third kappa shape index (κ3) is 2.11. The number of hydrogen-bond acceptors (Lipinski definition) is 2. The Bertz CT molecular complexity index is 747. The first-order chi connectivity index (χ1) is 9.15. The smallest absolute Gasteiger partial charge is 0.336 e. The van der Waals surface area contributed by atoms with Gasteiger partial charge in [-0.3, -0.25) is 0 Å². The Hall–Kier alpha value is -2.19. The molecule has 19 heavy (non-hydrogen) atoms. The predicted molar refractivity (Wildman–Crippen MR) is 77.8 cm³/mol. The normalized spacial score (nSPS) is 10.8.